The third kappa shape index (κ3) is 5.22. The maximum absolute atomic E-state index is 6.07. The predicted octanol–water partition coefficient (Wildman–Crippen LogP) is 2.12. The van der Waals surface area contributed by atoms with Gasteiger partial charge in [0, 0.05) is 13.0 Å². The molecule has 2 N–H and O–H groups in total. The second-order valence-electron chi connectivity index (χ2n) is 6.40. The van der Waals surface area contributed by atoms with Crippen molar-refractivity contribution in [2.75, 3.05) is 13.7 Å². The van der Waals surface area contributed by atoms with Gasteiger partial charge in [-0.05, 0) is 34.6 Å². The van der Waals surface area contributed by atoms with Crippen molar-refractivity contribution in [1.29, 1.82) is 0 Å². The minimum Gasteiger partial charge on any atom is -0.377 e. The molecule has 112 valence electrons. The van der Waals surface area contributed by atoms with E-state index in [4.69, 9.17) is 19.9 Å². The number of nitrogens with two attached hydrogens (primary N) is 1. The van der Waals surface area contributed by atoms with Crippen LogP contribution < -0.4 is 5.73 Å². The first kappa shape index (κ1) is 16.6. The van der Waals surface area contributed by atoms with Crippen molar-refractivity contribution in [3.05, 3.63) is 12.2 Å². The Balaban J connectivity index is 2.77. The maximum atomic E-state index is 6.07. The number of hydrogen-bond acceptors (Lipinski definition) is 4. The van der Waals surface area contributed by atoms with Crippen LogP contribution in [-0.2, 0) is 14.2 Å². The van der Waals surface area contributed by atoms with Crippen LogP contribution in [0.4, 0.5) is 0 Å². The molecule has 0 saturated heterocycles. The summed E-state index contributed by atoms with van der Waals surface area (Å²) < 4.78 is 17.4. The second-order valence-corrected chi connectivity index (χ2v) is 6.40. The predicted molar refractivity (Wildman–Crippen MR) is 77.1 cm³/mol. The fourth-order valence-corrected chi connectivity index (χ4v) is 2.23. The highest BCUT2D eigenvalue weighted by molar-refractivity contribution is 5.10. The first-order chi connectivity index (χ1) is 8.74. The molecule has 1 aliphatic rings. The highest BCUT2D eigenvalue weighted by Gasteiger charge is 2.37. The molecule has 1 unspecified atom stereocenters. The van der Waals surface area contributed by atoms with Crippen molar-refractivity contribution < 1.29 is 14.2 Å². The Morgan fingerprint density at radius 1 is 1.16 bits per heavy atom. The lowest BCUT2D eigenvalue weighted by Crippen LogP contribution is -2.52. The van der Waals surface area contributed by atoms with E-state index in [0.717, 1.165) is 0 Å². The number of hydrogen-bond donors (Lipinski definition) is 1. The van der Waals surface area contributed by atoms with Crippen LogP contribution in [0.1, 0.15) is 34.6 Å². The van der Waals surface area contributed by atoms with Gasteiger partial charge in [0.1, 0.15) is 6.10 Å². The molecule has 0 aliphatic heterocycles. The number of methoxy groups -OCH3 is 1. The second kappa shape index (κ2) is 6.84. The largest absolute Gasteiger partial charge is 0.377 e. The van der Waals surface area contributed by atoms with E-state index >= 15 is 0 Å². The van der Waals surface area contributed by atoms with Gasteiger partial charge in [0.15, 0.2) is 0 Å². The molecule has 4 heteroatoms. The van der Waals surface area contributed by atoms with Crippen LogP contribution in [0.3, 0.4) is 0 Å². The summed E-state index contributed by atoms with van der Waals surface area (Å²) in [4.78, 5) is 0. The third-order valence-corrected chi connectivity index (χ3v) is 3.12. The molecular weight excluding hydrogens is 242 g/mol. The van der Waals surface area contributed by atoms with Crippen molar-refractivity contribution in [3.8, 4) is 0 Å². The molecule has 1 aliphatic carbocycles. The quantitative estimate of drug-likeness (QED) is 0.778. The molecule has 0 fully saturated rings. The minimum atomic E-state index is -0.154. The van der Waals surface area contributed by atoms with Crippen molar-refractivity contribution >= 4 is 0 Å². The summed E-state index contributed by atoms with van der Waals surface area (Å²) in [6.07, 6.45) is 4.04. The standard InChI is InChI=1S/C15H29NO3/c1-10(2)19-13-11(9-18-15(3,4)5)7-8-12(16)14(13)17-6/h7-8,10-14H,9,16H2,1-6H3/t11-,12-,13?,14+/m1/s1. The number of rotatable bonds is 5. The van der Waals surface area contributed by atoms with E-state index in [1.54, 1.807) is 7.11 Å². The van der Waals surface area contributed by atoms with E-state index in [-0.39, 0.29) is 35.9 Å². The summed E-state index contributed by atoms with van der Waals surface area (Å²) >= 11 is 0. The van der Waals surface area contributed by atoms with Crippen molar-refractivity contribution in [1.82, 2.24) is 0 Å². The Bertz CT molecular complexity index is 296. The lowest BCUT2D eigenvalue weighted by atomic mass is 9.87. The van der Waals surface area contributed by atoms with Gasteiger partial charge in [-0.2, -0.15) is 0 Å². The van der Waals surface area contributed by atoms with Crippen LogP contribution in [0.25, 0.3) is 0 Å². The lowest BCUT2D eigenvalue weighted by Gasteiger charge is -2.39. The Hall–Kier alpha value is -0.420. The minimum absolute atomic E-state index is 0.0626. The molecule has 0 bridgehead atoms. The molecule has 0 spiro atoms. The summed E-state index contributed by atoms with van der Waals surface area (Å²) in [6, 6.07) is -0.125. The Morgan fingerprint density at radius 2 is 1.79 bits per heavy atom. The molecule has 1 rings (SSSR count). The Labute approximate surface area is 117 Å². The van der Waals surface area contributed by atoms with Gasteiger partial charge in [0.25, 0.3) is 0 Å². The van der Waals surface area contributed by atoms with Crippen LogP contribution in [0.5, 0.6) is 0 Å². The van der Waals surface area contributed by atoms with Gasteiger partial charge >= 0.3 is 0 Å². The summed E-state index contributed by atoms with van der Waals surface area (Å²) in [6.45, 7) is 10.8. The van der Waals surface area contributed by atoms with E-state index in [9.17, 15) is 0 Å². The summed E-state index contributed by atoms with van der Waals surface area (Å²) in [5.74, 6) is 0.173. The van der Waals surface area contributed by atoms with E-state index < -0.39 is 0 Å². The molecule has 0 aromatic rings. The molecular formula is C15H29NO3. The van der Waals surface area contributed by atoms with Crippen molar-refractivity contribution in [2.24, 2.45) is 11.7 Å². The zero-order chi connectivity index (χ0) is 14.6. The molecule has 0 aromatic heterocycles. The molecule has 4 atom stereocenters. The van der Waals surface area contributed by atoms with Crippen LogP contribution in [0.2, 0.25) is 0 Å². The Kier molecular flexibility index (Phi) is 5.99. The zero-order valence-corrected chi connectivity index (χ0v) is 13.1. The Morgan fingerprint density at radius 3 is 2.26 bits per heavy atom. The van der Waals surface area contributed by atoms with Crippen LogP contribution in [-0.4, -0.2) is 43.7 Å². The van der Waals surface area contributed by atoms with Crippen molar-refractivity contribution in [3.63, 3.8) is 0 Å². The highest BCUT2D eigenvalue weighted by Crippen LogP contribution is 2.26. The fourth-order valence-electron chi connectivity index (χ4n) is 2.23. The van der Waals surface area contributed by atoms with Gasteiger partial charge in [0.2, 0.25) is 0 Å². The van der Waals surface area contributed by atoms with E-state index in [1.807, 2.05) is 19.9 Å². The van der Waals surface area contributed by atoms with Gasteiger partial charge in [-0.1, -0.05) is 12.2 Å². The SMILES string of the molecule is CO[C@@H]1C(OC(C)C)[C@@H](COC(C)(C)C)C=C[C@H]1N. The molecule has 0 amide bonds. The molecule has 0 radical (unpaired) electrons. The normalized spacial score (nSPS) is 32.0. The molecule has 4 nitrogen and oxygen atoms in total. The summed E-state index contributed by atoms with van der Waals surface area (Å²) in [5, 5.41) is 0. The average Bonchev–Trinajstić information content (AvgIpc) is 2.26. The van der Waals surface area contributed by atoms with Crippen molar-refractivity contribution in [2.45, 2.75) is 64.6 Å². The van der Waals surface area contributed by atoms with Gasteiger partial charge in [0.05, 0.1) is 30.5 Å². The van der Waals surface area contributed by atoms with E-state index in [2.05, 4.69) is 26.8 Å². The smallest absolute Gasteiger partial charge is 0.103 e. The average molecular weight is 271 g/mol. The molecule has 19 heavy (non-hydrogen) atoms. The van der Waals surface area contributed by atoms with Gasteiger partial charge < -0.3 is 19.9 Å². The molecule has 0 aromatic carbocycles. The highest BCUT2D eigenvalue weighted by atomic mass is 16.5. The van der Waals surface area contributed by atoms with Crippen LogP contribution in [0, 0.1) is 5.92 Å². The number of ether oxygens (including phenoxy) is 3. The fraction of sp³-hybridized carbons (Fsp3) is 0.867. The first-order valence-corrected chi connectivity index (χ1v) is 7.00. The first-order valence-electron chi connectivity index (χ1n) is 7.00. The lowest BCUT2D eigenvalue weighted by molar-refractivity contribution is -0.127. The summed E-state index contributed by atoms with van der Waals surface area (Å²) in [5.41, 5.74) is 5.91. The van der Waals surface area contributed by atoms with E-state index in [1.165, 1.54) is 0 Å². The van der Waals surface area contributed by atoms with Gasteiger partial charge in [-0.25, -0.2) is 0 Å². The third-order valence-electron chi connectivity index (χ3n) is 3.12. The summed E-state index contributed by atoms with van der Waals surface area (Å²) in [7, 11) is 1.68. The topological polar surface area (TPSA) is 53.7 Å². The molecule has 0 heterocycles. The maximum Gasteiger partial charge on any atom is 0.103 e. The molecule has 0 saturated carbocycles. The van der Waals surface area contributed by atoms with Crippen LogP contribution >= 0.6 is 0 Å². The zero-order valence-electron chi connectivity index (χ0n) is 13.1. The van der Waals surface area contributed by atoms with Crippen LogP contribution in [0.15, 0.2) is 12.2 Å². The van der Waals surface area contributed by atoms with Gasteiger partial charge in [-0.3, -0.25) is 0 Å². The monoisotopic (exact) mass is 271 g/mol. The van der Waals surface area contributed by atoms with Gasteiger partial charge in [-0.15, -0.1) is 0 Å². The van der Waals surface area contributed by atoms with E-state index in [0.29, 0.717) is 6.61 Å².